The molecular formula is C18H13Cl4N. The van der Waals surface area contributed by atoms with Gasteiger partial charge in [0.15, 0.2) is 0 Å². The molecule has 1 heterocycles. The standard InChI is InChI=1S/C18H13Cl4N/c19-9-7-13-10-3-1-4-11(10)17(23-18(13)15(21)8-9)12-5-2-6-14(20)16(12)22/h1-3,5-8,10-11,17,23H,4H2/t10-,11+,17-/m0/s1. The Morgan fingerprint density at radius 3 is 2.61 bits per heavy atom. The van der Waals surface area contributed by atoms with Crippen molar-refractivity contribution >= 4 is 52.1 Å². The molecule has 1 aliphatic carbocycles. The molecule has 0 radical (unpaired) electrons. The Kier molecular flexibility index (Phi) is 4.01. The third kappa shape index (κ3) is 2.55. The van der Waals surface area contributed by atoms with E-state index in [2.05, 4.69) is 17.5 Å². The van der Waals surface area contributed by atoms with Crippen LogP contribution in [0.5, 0.6) is 0 Å². The predicted octanol–water partition coefficient (Wildman–Crippen LogP) is 7.13. The van der Waals surface area contributed by atoms with Crippen LogP contribution in [-0.2, 0) is 0 Å². The fraction of sp³-hybridized carbons (Fsp3) is 0.222. The second-order valence-corrected chi connectivity index (χ2v) is 7.60. The summed E-state index contributed by atoms with van der Waals surface area (Å²) in [4.78, 5) is 0. The highest BCUT2D eigenvalue weighted by Gasteiger charge is 2.39. The van der Waals surface area contributed by atoms with Gasteiger partial charge in [-0.25, -0.2) is 0 Å². The van der Waals surface area contributed by atoms with Gasteiger partial charge in [-0.05, 0) is 41.7 Å². The molecule has 23 heavy (non-hydrogen) atoms. The lowest BCUT2D eigenvalue weighted by Crippen LogP contribution is -2.29. The summed E-state index contributed by atoms with van der Waals surface area (Å²) in [6.07, 6.45) is 5.43. The maximum absolute atomic E-state index is 6.46. The number of fused-ring (bicyclic) bond motifs is 3. The first-order chi connectivity index (χ1) is 11.1. The number of rotatable bonds is 1. The molecule has 0 spiro atoms. The topological polar surface area (TPSA) is 12.0 Å². The van der Waals surface area contributed by atoms with E-state index in [1.165, 1.54) is 0 Å². The van der Waals surface area contributed by atoms with Gasteiger partial charge in [0.25, 0.3) is 0 Å². The molecule has 0 bridgehead atoms. The van der Waals surface area contributed by atoms with Crippen molar-refractivity contribution < 1.29 is 0 Å². The number of benzene rings is 2. The van der Waals surface area contributed by atoms with Crippen LogP contribution >= 0.6 is 46.4 Å². The van der Waals surface area contributed by atoms with Crippen molar-refractivity contribution in [3.8, 4) is 0 Å². The zero-order valence-corrected chi connectivity index (χ0v) is 15.0. The number of hydrogen-bond acceptors (Lipinski definition) is 1. The van der Waals surface area contributed by atoms with E-state index in [0.717, 1.165) is 23.2 Å². The molecule has 2 aromatic rings. The molecule has 1 aliphatic heterocycles. The van der Waals surface area contributed by atoms with Gasteiger partial charge in [0.2, 0.25) is 0 Å². The number of nitrogens with one attached hydrogen (secondary N) is 1. The molecule has 2 aliphatic rings. The first kappa shape index (κ1) is 15.7. The molecule has 1 nitrogen and oxygen atoms in total. The first-order valence-electron chi connectivity index (χ1n) is 7.42. The van der Waals surface area contributed by atoms with Crippen LogP contribution in [0.2, 0.25) is 20.1 Å². The SMILES string of the molecule is Clc1cc(Cl)c2c(c1)[C@H]1C=CC[C@H]1[C@@H](c1cccc(Cl)c1Cl)N2. The van der Waals surface area contributed by atoms with Gasteiger partial charge in [-0.1, -0.05) is 70.7 Å². The van der Waals surface area contributed by atoms with E-state index in [-0.39, 0.29) is 12.0 Å². The molecule has 2 aromatic carbocycles. The molecule has 0 amide bonds. The lowest BCUT2D eigenvalue weighted by Gasteiger charge is -2.38. The summed E-state index contributed by atoms with van der Waals surface area (Å²) < 4.78 is 0. The minimum atomic E-state index is 0.0624. The normalized spacial score (nSPS) is 25.0. The number of hydrogen-bond donors (Lipinski definition) is 1. The zero-order chi connectivity index (χ0) is 16.1. The van der Waals surface area contributed by atoms with Gasteiger partial charge in [0, 0.05) is 10.9 Å². The summed E-state index contributed by atoms with van der Waals surface area (Å²) in [5, 5.41) is 6.04. The van der Waals surface area contributed by atoms with Crippen molar-refractivity contribution in [1.29, 1.82) is 0 Å². The Labute approximate surface area is 155 Å². The third-order valence-electron chi connectivity index (χ3n) is 4.70. The lowest BCUT2D eigenvalue weighted by atomic mass is 9.77. The smallest absolute Gasteiger partial charge is 0.0655 e. The molecule has 5 heteroatoms. The van der Waals surface area contributed by atoms with Crippen molar-refractivity contribution in [2.24, 2.45) is 5.92 Å². The number of allylic oxidation sites excluding steroid dienone is 2. The monoisotopic (exact) mass is 383 g/mol. The minimum Gasteiger partial charge on any atom is -0.376 e. The molecule has 118 valence electrons. The summed E-state index contributed by atoms with van der Waals surface area (Å²) in [6.45, 7) is 0. The zero-order valence-electron chi connectivity index (χ0n) is 12.0. The van der Waals surface area contributed by atoms with Gasteiger partial charge in [-0.15, -0.1) is 0 Å². The van der Waals surface area contributed by atoms with E-state index in [1.807, 2.05) is 18.2 Å². The minimum absolute atomic E-state index is 0.0624. The largest absolute Gasteiger partial charge is 0.376 e. The van der Waals surface area contributed by atoms with Crippen LogP contribution in [0.15, 0.2) is 42.5 Å². The van der Waals surface area contributed by atoms with Gasteiger partial charge in [-0.3, -0.25) is 0 Å². The van der Waals surface area contributed by atoms with Crippen LogP contribution < -0.4 is 5.32 Å². The number of halogens is 4. The molecule has 0 saturated carbocycles. The summed E-state index contributed by atoms with van der Waals surface area (Å²) in [7, 11) is 0. The second kappa shape index (κ2) is 5.89. The van der Waals surface area contributed by atoms with Gasteiger partial charge < -0.3 is 5.32 Å². The van der Waals surface area contributed by atoms with E-state index in [0.29, 0.717) is 26.0 Å². The van der Waals surface area contributed by atoms with Gasteiger partial charge in [0.1, 0.15) is 0 Å². The van der Waals surface area contributed by atoms with Crippen LogP contribution in [0.4, 0.5) is 5.69 Å². The van der Waals surface area contributed by atoms with E-state index < -0.39 is 0 Å². The van der Waals surface area contributed by atoms with E-state index in [9.17, 15) is 0 Å². The number of anilines is 1. The second-order valence-electron chi connectivity index (χ2n) is 5.97. The third-order valence-corrected chi connectivity index (χ3v) is 6.05. The van der Waals surface area contributed by atoms with Crippen LogP contribution in [-0.4, -0.2) is 0 Å². The van der Waals surface area contributed by atoms with E-state index in [1.54, 1.807) is 12.1 Å². The predicted molar refractivity (Wildman–Crippen MR) is 99.3 cm³/mol. The van der Waals surface area contributed by atoms with Crippen molar-refractivity contribution in [2.45, 2.75) is 18.4 Å². The quantitative estimate of drug-likeness (QED) is 0.515. The summed E-state index contributed by atoms with van der Waals surface area (Å²) in [5.41, 5.74) is 3.09. The fourth-order valence-corrected chi connectivity index (χ4v) is 4.68. The first-order valence-corrected chi connectivity index (χ1v) is 8.93. The highest BCUT2D eigenvalue weighted by Crippen LogP contribution is 2.53. The molecule has 0 unspecified atom stereocenters. The average molecular weight is 385 g/mol. The van der Waals surface area contributed by atoms with Crippen LogP contribution in [0.3, 0.4) is 0 Å². The molecule has 1 N–H and O–H groups in total. The Morgan fingerprint density at radius 2 is 1.78 bits per heavy atom. The molecule has 0 fully saturated rings. The van der Waals surface area contributed by atoms with Crippen molar-refractivity contribution in [3.63, 3.8) is 0 Å². The van der Waals surface area contributed by atoms with E-state index in [4.69, 9.17) is 46.4 Å². The Morgan fingerprint density at radius 1 is 0.957 bits per heavy atom. The van der Waals surface area contributed by atoms with Crippen LogP contribution in [0, 0.1) is 5.92 Å². The van der Waals surface area contributed by atoms with Gasteiger partial charge >= 0.3 is 0 Å². The maximum atomic E-state index is 6.46. The van der Waals surface area contributed by atoms with Crippen LogP contribution in [0.1, 0.15) is 29.5 Å². The molecule has 0 aromatic heterocycles. The van der Waals surface area contributed by atoms with Gasteiger partial charge in [-0.2, -0.15) is 0 Å². The summed E-state index contributed by atoms with van der Waals surface area (Å²) in [6, 6.07) is 9.59. The van der Waals surface area contributed by atoms with E-state index >= 15 is 0 Å². The average Bonchev–Trinajstić information content (AvgIpc) is 3.00. The molecule has 4 rings (SSSR count). The highest BCUT2D eigenvalue weighted by atomic mass is 35.5. The molecule has 0 saturated heterocycles. The Balaban J connectivity index is 1.86. The van der Waals surface area contributed by atoms with Crippen LogP contribution in [0.25, 0.3) is 0 Å². The molecular weight excluding hydrogens is 372 g/mol. The maximum Gasteiger partial charge on any atom is 0.0655 e. The Bertz CT molecular complexity index is 815. The fourth-order valence-electron chi connectivity index (χ4n) is 3.69. The van der Waals surface area contributed by atoms with Crippen molar-refractivity contribution in [2.75, 3.05) is 5.32 Å². The van der Waals surface area contributed by atoms with Gasteiger partial charge in [0.05, 0.1) is 26.8 Å². The summed E-state index contributed by atoms with van der Waals surface area (Å²) in [5.74, 6) is 0.649. The molecule has 3 atom stereocenters. The van der Waals surface area contributed by atoms with Crippen molar-refractivity contribution in [3.05, 3.63) is 73.7 Å². The van der Waals surface area contributed by atoms with Crippen molar-refractivity contribution in [1.82, 2.24) is 0 Å². The lowest BCUT2D eigenvalue weighted by molar-refractivity contribution is 0.426. The highest BCUT2D eigenvalue weighted by molar-refractivity contribution is 6.42. The summed E-state index contributed by atoms with van der Waals surface area (Å²) >= 11 is 25.3. The Hall–Kier alpha value is -0.860.